The number of nitrogens with zero attached hydrogens (tertiary/aromatic N) is 1. The standard InChI is InChI=1S/C13H11F3N2O4/c14-13(15,16)12(20)17-10-3-1-2-7-4-8(6-19)11(18(21)22)5-9(7)10/h4-6,10H,1-3H2,(H,17,20). The fourth-order valence-corrected chi connectivity index (χ4v) is 2.50. The molecule has 6 nitrogen and oxygen atoms in total. The molecule has 0 bridgehead atoms. The molecule has 1 N–H and O–H groups in total. The summed E-state index contributed by atoms with van der Waals surface area (Å²) in [6, 6.07) is 1.41. The highest BCUT2D eigenvalue weighted by molar-refractivity contribution is 5.83. The summed E-state index contributed by atoms with van der Waals surface area (Å²) in [5, 5.41) is 12.8. The summed E-state index contributed by atoms with van der Waals surface area (Å²) >= 11 is 0. The summed E-state index contributed by atoms with van der Waals surface area (Å²) in [6.45, 7) is 0. The van der Waals surface area contributed by atoms with Gasteiger partial charge in [0.05, 0.1) is 16.5 Å². The van der Waals surface area contributed by atoms with Gasteiger partial charge in [-0.3, -0.25) is 19.7 Å². The monoisotopic (exact) mass is 316 g/mol. The summed E-state index contributed by atoms with van der Waals surface area (Å²) in [5.74, 6) is -2.09. The van der Waals surface area contributed by atoms with Crippen LogP contribution < -0.4 is 5.32 Å². The Balaban J connectivity index is 2.41. The van der Waals surface area contributed by atoms with Gasteiger partial charge in [0, 0.05) is 6.07 Å². The maximum Gasteiger partial charge on any atom is 0.471 e. The fourth-order valence-electron chi connectivity index (χ4n) is 2.50. The normalized spacial score (nSPS) is 17.5. The highest BCUT2D eigenvalue weighted by Crippen LogP contribution is 2.34. The van der Waals surface area contributed by atoms with Gasteiger partial charge < -0.3 is 5.32 Å². The molecule has 0 radical (unpaired) electrons. The minimum Gasteiger partial charge on any atom is -0.341 e. The number of amides is 1. The van der Waals surface area contributed by atoms with Crippen LogP contribution in [0.4, 0.5) is 18.9 Å². The van der Waals surface area contributed by atoms with Crippen LogP contribution >= 0.6 is 0 Å². The van der Waals surface area contributed by atoms with E-state index in [0.29, 0.717) is 24.7 Å². The molecule has 22 heavy (non-hydrogen) atoms. The number of benzene rings is 1. The SMILES string of the molecule is O=Cc1cc2c(cc1[N+](=O)[O-])C(NC(=O)C(F)(F)F)CCC2. The van der Waals surface area contributed by atoms with Crippen molar-refractivity contribution in [2.45, 2.75) is 31.5 Å². The smallest absolute Gasteiger partial charge is 0.341 e. The molecule has 0 spiro atoms. The quantitative estimate of drug-likeness (QED) is 0.527. The van der Waals surface area contributed by atoms with E-state index in [1.165, 1.54) is 6.07 Å². The summed E-state index contributed by atoms with van der Waals surface area (Å²) in [5.41, 5.74) is 0.168. The third-order valence-corrected chi connectivity index (χ3v) is 3.49. The number of fused-ring (bicyclic) bond motifs is 1. The number of carbonyl (C=O) groups excluding carboxylic acids is 2. The number of nitro benzene ring substituents is 1. The molecule has 0 fully saturated rings. The Morgan fingerprint density at radius 3 is 2.64 bits per heavy atom. The maximum absolute atomic E-state index is 12.3. The molecule has 0 aromatic heterocycles. The van der Waals surface area contributed by atoms with Crippen LogP contribution in [0.5, 0.6) is 0 Å². The van der Waals surface area contributed by atoms with Gasteiger partial charge in [-0.1, -0.05) is 0 Å². The van der Waals surface area contributed by atoms with Crippen LogP contribution in [0.25, 0.3) is 0 Å². The zero-order valence-electron chi connectivity index (χ0n) is 11.1. The van der Waals surface area contributed by atoms with Crippen molar-refractivity contribution >= 4 is 17.9 Å². The van der Waals surface area contributed by atoms with E-state index < -0.39 is 28.7 Å². The Morgan fingerprint density at radius 1 is 1.41 bits per heavy atom. The molecule has 9 heteroatoms. The number of hydrogen-bond donors (Lipinski definition) is 1. The summed E-state index contributed by atoms with van der Waals surface area (Å²) in [6.07, 6.45) is -3.46. The number of rotatable bonds is 3. The van der Waals surface area contributed by atoms with Gasteiger partial charge in [-0.2, -0.15) is 13.2 Å². The van der Waals surface area contributed by atoms with E-state index in [1.54, 1.807) is 0 Å². The number of nitrogens with one attached hydrogen (secondary N) is 1. The molecule has 1 aliphatic rings. The zero-order valence-corrected chi connectivity index (χ0v) is 11.1. The van der Waals surface area contributed by atoms with Crippen molar-refractivity contribution in [1.29, 1.82) is 0 Å². The first-order valence-corrected chi connectivity index (χ1v) is 6.38. The first kappa shape index (κ1) is 15.9. The summed E-state index contributed by atoms with van der Waals surface area (Å²) in [7, 11) is 0. The maximum atomic E-state index is 12.3. The third kappa shape index (κ3) is 3.07. The molecule has 0 saturated heterocycles. The molecular weight excluding hydrogens is 305 g/mol. The highest BCUT2D eigenvalue weighted by atomic mass is 19.4. The van der Waals surface area contributed by atoms with E-state index in [1.807, 2.05) is 5.32 Å². The summed E-state index contributed by atoms with van der Waals surface area (Å²) in [4.78, 5) is 32.1. The molecule has 118 valence electrons. The Bertz CT molecular complexity index is 643. The second kappa shape index (κ2) is 5.74. The number of carbonyl (C=O) groups is 2. The molecule has 0 aliphatic heterocycles. The average Bonchev–Trinajstić information content (AvgIpc) is 2.45. The van der Waals surface area contributed by atoms with Crippen LogP contribution in [0.15, 0.2) is 12.1 Å². The van der Waals surface area contributed by atoms with Gasteiger partial charge in [0.1, 0.15) is 0 Å². The lowest BCUT2D eigenvalue weighted by Gasteiger charge is -2.26. The average molecular weight is 316 g/mol. The highest BCUT2D eigenvalue weighted by Gasteiger charge is 2.40. The second-order valence-electron chi connectivity index (χ2n) is 4.90. The lowest BCUT2D eigenvalue weighted by atomic mass is 9.86. The predicted molar refractivity (Wildman–Crippen MR) is 68.4 cm³/mol. The fraction of sp³-hybridized carbons (Fsp3) is 0.385. The van der Waals surface area contributed by atoms with Crippen molar-refractivity contribution in [2.75, 3.05) is 0 Å². The molecule has 1 atom stereocenters. The van der Waals surface area contributed by atoms with Crippen LogP contribution in [-0.2, 0) is 11.2 Å². The van der Waals surface area contributed by atoms with E-state index in [9.17, 15) is 32.9 Å². The van der Waals surface area contributed by atoms with Crippen LogP contribution in [0, 0.1) is 10.1 Å². The van der Waals surface area contributed by atoms with Crippen LogP contribution in [0.3, 0.4) is 0 Å². The lowest BCUT2D eigenvalue weighted by molar-refractivity contribution is -0.385. The van der Waals surface area contributed by atoms with Crippen LogP contribution in [0.1, 0.15) is 40.4 Å². The number of aryl methyl sites for hydroxylation is 1. The molecule has 1 aromatic rings. The predicted octanol–water partition coefficient (Wildman–Crippen LogP) is 2.46. The minimum absolute atomic E-state index is 0.133. The van der Waals surface area contributed by atoms with Crippen molar-refractivity contribution in [3.05, 3.63) is 38.9 Å². The van der Waals surface area contributed by atoms with Gasteiger partial charge in [-0.05, 0) is 36.5 Å². The topological polar surface area (TPSA) is 89.3 Å². The lowest BCUT2D eigenvalue weighted by Crippen LogP contribution is -2.40. The van der Waals surface area contributed by atoms with E-state index in [0.717, 1.165) is 6.07 Å². The van der Waals surface area contributed by atoms with Crippen LogP contribution in [-0.4, -0.2) is 23.3 Å². The van der Waals surface area contributed by atoms with Crippen LogP contribution in [0.2, 0.25) is 0 Å². The van der Waals surface area contributed by atoms with Crippen molar-refractivity contribution in [2.24, 2.45) is 0 Å². The first-order valence-electron chi connectivity index (χ1n) is 6.38. The number of aldehydes is 1. The summed E-state index contributed by atoms with van der Waals surface area (Å²) < 4.78 is 37.0. The molecule has 1 aromatic carbocycles. The molecule has 1 amide bonds. The van der Waals surface area contributed by atoms with E-state index >= 15 is 0 Å². The van der Waals surface area contributed by atoms with Gasteiger partial charge in [0.2, 0.25) is 0 Å². The second-order valence-corrected chi connectivity index (χ2v) is 4.90. The van der Waals surface area contributed by atoms with Gasteiger partial charge in [-0.15, -0.1) is 0 Å². The molecule has 0 saturated carbocycles. The number of nitro groups is 1. The molecule has 1 aliphatic carbocycles. The van der Waals surface area contributed by atoms with Gasteiger partial charge in [0.25, 0.3) is 5.69 Å². The van der Waals surface area contributed by atoms with Gasteiger partial charge in [0.15, 0.2) is 6.29 Å². The van der Waals surface area contributed by atoms with Gasteiger partial charge >= 0.3 is 12.1 Å². The van der Waals surface area contributed by atoms with Crippen molar-refractivity contribution in [3.8, 4) is 0 Å². The first-order chi connectivity index (χ1) is 10.2. The Labute approximate surface area is 122 Å². The van der Waals surface area contributed by atoms with Crippen molar-refractivity contribution in [1.82, 2.24) is 5.32 Å². The van der Waals surface area contributed by atoms with E-state index in [2.05, 4.69) is 0 Å². The van der Waals surface area contributed by atoms with Crippen molar-refractivity contribution in [3.63, 3.8) is 0 Å². The van der Waals surface area contributed by atoms with E-state index in [-0.39, 0.29) is 17.5 Å². The zero-order chi connectivity index (χ0) is 16.5. The molecule has 1 unspecified atom stereocenters. The third-order valence-electron chi connectivity index (χ3n) is 3.49. The Morgan fingerprint density at radius 2 is 2.09 bits per heavy atom. The van der Waals surface area contributed by atoms with Gasteiger partial charge in [-0.25, -0.2) is 0 Å². The van der Waals surface area contributed by atoms with E-state index in [4.69, 9.17) is 0 Å². The number of halogens is 3. The molecule has 2 rings (SSSR count). The number of hydrogen-bond acceptors (Lipinski definition) is 4. The minimum atomic E-state index is -5.02. The molecule has 0 heterocycles. The Kier molecular flexibility index (Phi) is 4.16. The largest absolute Gasteiger partial charge is 0.471 e. The molecular formula is C13H11F3N2O4. The van der Waals surface area contributed by atoms with Crippen molar-refractivity contribution < 1.29 is 27.7 Å². The number of alkyl halides is 3. The Hall–Kier alpha value is -2.45.